The molecule has 0 aromatic heterocycles. The third-order valence-corrected chi connectivity index (χ3v) is 6.15. The van der Waals surface area contributed by atoms with E-state index in [4.69, 9.17) is 0 Å². The average Bonchev–Trinajstić information content (AvgIpc) is 3.35. The second-order valence-corrected chi connectivity index (χ2v) is 9.49. The van der Waals surface area contributed by atoms with Gasteiger partial charge in [-0.2, -0.15) is 0 Å². The summed E-state index contributed by atoms with van der Waals surface area (Å²) in [5.41, 5.74) is 4.10. The van der Waals surface area contributed by atoms with E-state index < -0.39 is 0 Å². The minimum Gasteiger partial charge on any atom is -0.371 e. The van der Waals surface area contributed by atoms with Gasteiger partial charge in [0.2, 0.25) is 0 Å². The molecule has 2 aromatic carbocycles. The van der Waals surface area contributed by atoms with Crippen LogP contribution in [0.4, 0.5) is 11.4 Å². The van der Waals surface area contributed by atoms with Crippen molar-refractivity contribution in [2.75, 3.05) is 29.9 Å². The summed E-state index contributed by atoms with van der Waals surface area (Å²) >= 11 is 0. The summed E-state index contributed by atoms with van der Waals surface area (Å²) in [4.78, 5) is 28.0. The number of amides is 2. The van der Waals surface area contributed by atoms with Gasteiger partial charge >= 0.3 is 0 Å². The second kappa shape index (κ2) is 12.4. The van der Waals surface area contributed by atoms with Crippen molar-refractivity contribution in [1.82, 2.24) is 5.32 Å². The first-order valence-electron chi connectivity index (χ1n) is 12.6. The number of carbonyl (C=O) groups excluding carboxylic acids is 2. The average molecular weight is 450 g/mol. The van der Waals surface area contributed by atoms with Gasteiger partial charge in [0, 0.05) is 36.6 Å². The minimum atomic E-state index is -0.157. The Kier molecular flexibility index (Phi) is 9.35. The Morgan fingerprint density at radius 1 is 0.939 bits per heavy atom. The molecule has 0 bridgehead atoms. The van der Waals surface area contributed by atoms with Gasteiger partial charge in [-0.15, -0.1) is 0 Å². The van der Waals surface area contributed by atoms with E-state index in [1.165, 1.54) is 31.2 Å². The van der Waals surface area contributed by atoms with Gasteiger partial charge < -0.3 is 15.5 Å². The molecule has 0 aliphatic carbocycles. The molecule has 2 amide bonds. The van der Waals surface area contributed by atoms with Gasteiger partial charge in [-0.1, -0.05) is 52.2 Å². The number of hydrogen-bond donors (Lipinski definition) is 2. The molecular formula is C28H39N3O2. The lowest BCUT2D eigenvalue weighted by molar-refractivity contribution is 0.0948. The minimum absolute atomic E-state index is 0.0888. The number of carbonyl (C=O) groups is 2. The molecule has 5 nitrogen and oxygen atoms in total. The van der Waals surface area contributed by atoms with Crippen molar-refractivity contribution in [3.8, 4) is 0 Å². The summed E-state index contributed by atoms with van der Waals surface area (Å²) in [7, 11) is 0. The van der Waals surface area contributed by atoms with E-state index in [2.05, 4.69) is 36.3 Å². The quantitative estimate of drug-likeness (QED) is 0.411. The Labute approximate surface area is 199 Å². The highest BCUT2D eigenvalue weighted by Gasteiger charge is 2.20. The summed E-state index contributed by atoms with van der Waals surface area (Å²) in [6.07, 6.45) is 8.27. The van der Waals surface area contributed by atoms with Crippen molar-refractivity contribution < 1.29 is 9.59 Å². The third kappa shape index (κ3) is 7.34. The van der Waals surface area contributed by atoms with Crippen LogP contribution in [-0.2, 0) is 6.42 Å². The summed E-state index contributed by atoms with van der Waals surface area (Å²) in [6, 6.07) is 13.5. The lowest BCUT2D eigenvalue weighted by Gasteiger charge is -2.22. The van der Waals surface area contributed by atoms with Gasteiger partial charge in [-0.25, -0.2) is 0 Å². The SMILES string of the molecule is CCCCCCc1ccc(C(=O)Nc2ccc(N3CCCC3)c(C(=O)NCC(C)C)c2)cc1. The molecule has 1 heterocycles. The van der Waals surface area contributed by atoms with Crippen LogP contribution in [-0.4, -0.2) is 31.4 Å². The topological polar surface area (TPSA) is 61.4 Å². The zero-order valence-electron chi connectivity index (χ0n) is 20.5. The van der Waals surface area contributed by atoms with Crippen molar-refractivity contribution in [3.63, 3.8) is 0 Å². The van der Waals surface area contributed by atoms with E-state index in [1.807, 2.05) is 42.5 Å². The molecule has 178 valence electrons. The van der Waals surface area contributed by atoms with Crippen molar-refractivity contribution in [3.05, 3.63) is 59.2 Å². The molecule has 33 heavy (non-hydrogen) atoms. The fraction of sp³-hybridized carbons (Fsp3) is 0.500. The Morgan fingerprint density at radius 3 is 2.33 bits per heavy atom. The third-order valence-electron chi connectivity index (χ3n) is 6.15. The number of rotatable bonds is 11. The number of aryl methyl sites for hydroxylation is 1. The van der Waals surface area contributed by atoms with Crippen LogP contribution in [0.5, 0.6) is 0 Å². The molecule has 0 radical (unpaired) electrons. The van der Waals surface area contributed by atoms with E-state index in [-0.39, 0.29) is 11.8 Å². The van der Waals surface area contributed by atoms with Crippen LogP contribution in [0, 0.1) is 5.92 Å². The van der Waals surface area contributed by atoms with Gasteiger partial charge in [-0.3, -0.25) is 9.59 Å². The largest absolute Gasteiger partial charge is 0.371 e. The molecule has 0 spiro atoms. The smallest absolute Gasteiger partial charge is 0.255 e. The molecule has 0 atom stereocenters. The number of nitrogens with one attached hydrogen (secondary N) is 2. The van der Waals surface area contributed by atoms with E-state index >= 15 is 0 Å². The molecule has 0 unspecified atom stereocenters. The summed E-state index contributed by atoms with van der Waals surface area (Å²) in [6.45, 7) is 8.92. The van der Waals surface area contributed by atoms with Gasteiger partial charge in [0.05, 0.1) is 5.56 Å². The van der Waals surface area contributed by atoms with E-state index in [1.54, 1.807) is 0 Å². The Bertz CT molecular complexity index is 915. The molecule has 0 saturated carbocycles. The maximum Gasteiger partial charge on any atom is 0.255 e. The first-order chi connectivity index (χ1) is 16.0. The van der Waals surface area contributed by atoms with E-state index in [9.17, 15) is 9.59 Å². The zero-order chi connectivity index (χ0) is 23.6. The van der Waals surface area contributed by atoms with Gasteiger partial charge in [0.1, 0.15) is 0 Å². The van der Waals surface area contributed by atoms with Crippen LogP contribution in [0.15, 0.2) is 42.5 Å². The molecule has 2 N–H and O–H groups in total. The zero-order valence-corrected chi connectivity index (χ0v) is 20.5. The lowest BCUT2D eigenvalue weighted by atomic mass is 10.0. The molecule has 1 aliphatic heterocycles. The predicted octanol–water partition coefficient (Wildman–Crippen LogP) is 6.05. The summed E-state index contributed by atoms with van der Waals surface area (Å²) < 4.78 is 0. The number of nitrogens with zero attached hydrogens (tertiary/aromatic N) is 1. The van der Waals surface area contributed by atoms with Crippen LogP contribution in [0.2, 0.25) is 0 Å². The fourth-order valence-electron chi connectivity index (χ4n) is 4.20. The molecule has 2 aromatic rings. The maximum absolute atomic E-state index is 12.9. The monoisotopic (exact) mass is 449 g/mol. The number of anilines is 2. The first kappa shape index (κ1) is 24.8. The highest BCUT2D eigenvalue weighted by Crippen LogP contribution is 2.28. The molecular weight excluding hydrogens is 410 g/mol. The summed E-state index contributed by atoms with van der Waals surface area (Å²) in [5, 5.41) is 6.01. The molecule has 5 heteroatoms. The molecule has 1 aliphatic rings. The van der Waals surface area contributed by atoms with Crippen LogP contribution < -0.4 is 15.5 Å². The fourth-order valence-corrected chi connectivity index (χ4v) is 4.20. The highest BCUT2D eigenvalue weighted by molar-refractivity contribution is 6.06. The second-order valence-electron chi connectivity index (χ2n) is 9.49. The highest BCUT2D eigenvalue weighted by atomic mass is 16.2. The van der Waals surface area contributed by atoms with E-state index in [0.29, 0.717) is 29.3 Å². The lowest BCUT2D eigenvalue weighted by Crippen LogP contribution is -2.30. The van der Waals surface area contributed by atoms with Crippen LogP contribution in [0.1, 0.15) is 85.6 Å². The van der Waals surface area contributed by atoms with Gasteiger partial charge in [0.25, 0.3) is 11.8 Å². The van der Waals surface area contributed by atoms with Crippen LogP contribution in [0.3, 0.4) is 0 Å². The Hall–Kier alpha value is -2.82. The van der Waals surface area contributed by atoms with Crippen LogP contribution >= 0.6 is 0 Å². The molecule has 1 saturated heterocycles. The van der Waals surface area contributed by atoms with Crippen molar-refractivity contribution in [1.29, 1.82) is 0 Å². The van der Waals surface area contributed by atoms with Crippen molar-refractivity contribution >= 4 is 23.2 Å². The number of unbranched alkanes of at least 4 members (excludes halogenated alkanes) is 3. The van der Waals surface area contributed by atoms with Gasteiger partial charge in [0.15, 0.2) is 0 Å². The predicted molar refractivity (Wildman–Crippen MR) is 137 cm³/mol. The van der Waals surface area contributed by atoms with Crippen molar-refractivity contribution in [2.24, 2.45) is 5.92 Å². The number of hydrogen-bond acceptors (Lipinski definition) is 3. The Balaban J connectivity index is 1.69. The first-order valence-corrected chi connectivity index (χ1v) is 12.6. The molecule has 3 rings (SSSR count). The molecule has 1 fully saturated rings. The van der Waals surface area contributed by atoms with Crippen molar-refractivity contribution in [2.45, 2.75) is 65.7 Å². The normalized spacial score (nSPS) is 13.4. The Morgan fingerprint density at radius 2 is 1.67 bits per heavy atom. The maximum atomic E-state index is 12.9. The number of benzene rings is 2. The van der Waals surface area contributed by atoms with E-state index in [0.717, 1.165) is 38.0 Å². The summed E-state index contributed by atoms with van der Waals surface area (Å²) in [5.74, 6) is 0.130. The standard InChI is InChI=1S/C28H39N3O2/c1-4-5-6-7-10-22-11-13-23(14-12-22)27(32)30-24-15-16-26(31-17-8-9-18-31)25(19-24)28(33)29-20-21(2)3/h11-16,19,21H,4-10,17-18,20H2,1-3H3,(H,29,33)(H,30,32). The van der Waals surface area contributed by atoms with Crippen LogP contribution in [0.25, 0.3) is 0 Å². The van der Waals surface area contributed by atoms with Gasteiger partial charge in [-0.05, 0) is 67.5 Å².